The van der Waals surface area contributed by atoms with Crippen molar-refractivity contribution in [1.82, 2.24) is 19.9 Å². The van der Waals surface area contributed by atoms with Crippen molar-refractivity contribution in [2.24, 2.45) is 0 Å². The van der Waals surface area contributed by atoms with Crippen LogP contribution in [0.5, 0.6) is 0 Å². The summed E-state index contributed by atoms with van der Waals surface area (Å²) in [4.78, 5) is 17.3. The third-order valence-electron chi connectivity index (χ3n) is 8.11. The zero-order valence-corrected chi connectivity index (χ0v) is 22.6. The van der Waals surface area contributed by atoms with Crippen LogP contribution in [0.25, 0.3) is 22.5 Å². The van der Waals surface area contributed by atoms with Crippen molar-refractivity contribution < 1.29 is 0 Å². The number of hydrogen-bond acceptors (Lipinski definition) is 5. The molecule has 0 amide bonds. The molecule has 6 aromatic rings. The molecule has 0 fully saturated rings. The maximum Gasteiger partial charge on any atom is 0.220 e. The van der Waals surface area contributed by atoms with E-state index in [-0.39, 0.29) is 0 Å². The molecule has 2 aliphatic rings. The van der Waals surface area contributed by atoms with Crippen LogP contribution in [0.15, 0.2) is 128 Å². The van der Waals surface area contributed by atoms with Crippen molar-refractivity contribution in [3.63, 3.8) is 0 Å². The number of aromatic nitrogens is 4. The Hall–Kier alpha value is -5.16. The minimum absolute atomic E-state index is 0.335. The highest BCUT2D eigenvalue weighted by molar-refractivity contribution is 5.73. The van der Waals surface area contributed by atoms with E-state index < -0.39 is 0 Å². The second-order valence-corrected chi connectivity index (χ2v) is 10.5. The highest BCUT2D eigenvalue weighted by atomic mass is 15.0. The van der Waals surface area contributed by atoms with Crippen LogP contribution in [-0.2, 0) is 12.8 Å². The quantitative estimate of drug-likeness (QED) is 0.255. The molecule has 5 heteroatoms. The molecule has 2 atom stereocenters. The first-order valence-electron chi connectivity index (χ1n) is 13.9. The van der Waals surface area contributed by atoms with E-state index in [1.807, 2.05) is 18.5 Å². The van der Waals surface area contributed by atoms with Crippen molar-refractivity contribution in [2.75, 3.05) is 5.73 Å². The third-order valence-corrected chi connectivity index (χ3v) is 8.11. The summed E-state index contributed by atoms with van der Waals surface area (Å²) >= 11 is 0. The number of anilines is 1. The zero-order chi connectivity index (χ0) is 27.6. The highest BCUT2D eigenvalue weighted by Crippen LogP contribution is 2.42. The minimum atomic E-state index is 0.335. The Morgan fingerprint density at radius 3 is 1.66 bits per heavy atom. The minimum Gasteiger partial charge on any atom is -0.368 e. The molecule has 0 saturated carbocycles. The average molecular weight is 532 g/mol. The van der Waals surface area contributed by atoms with Gasteiger partial charge in [-0.1, -0.05) is 109 Å². The molecule has 0 saturated heterocycles. The summed E-state index contributed by atoms with van der Waals surface area (Å²) < 4.78 is 0. The molecular weight excluding hydrogens is 502 g/mol. The summed E-state index contributed by atoms with van der Waals surface area (Å²) in [5.41, 5.74) is 18.0. The van der Waals surface area contributed by atoms with Gasteiger partial charge in [0.25, 0.3) is 0 Å². The largest absolute Gasteiger partial charge is 0.368 e. The van der Waals surface area contributed by atoms with Crippen LogP contribution in [0.2, 0.25) is 0 Å². The molecule has 2 aromatic heterocycles. The summed E-state index contributed by atoms with van der Waals surface area (Å²) in [7, 11) is 0. The Balaban J connectivity index is 0.000000135. The monoisotopic (exact) mass is 531 g/mol. The van der Waals surface area contributed by atoms with Gasteiger partial charge in [-0.15, -0.1) is 0 Å². The van der Waals surface area contributed by atoms with E-state index in [0.29, 0.717) is 17.8 Å². The second-order valence-electron chi connectivity index (χ2n) is 10.5. The number of nitrogens with zero attached hydrogens (tertiary/aromatic N) is 4. The SMILES string of the molecule is Nc1ncc2c(n1)-c1ccccc1[C@H](c1ccccc1)C2.c1ccc([C@H]2Cc3cncnc3-c3ccccc32)cc1. The van der Waals surface area contributed by atoms with E-state index in [0.717, 1.165) is 29.8 Å². The van der Waals surface area contributed by atoms with Crippen molar-refractivity contribution in [1.29, 1.82) is 0 Å². The number of nitrogens with two attached hydrogens (primary N) is 1. The lowest BCUT2D eigenvalue weighted by molar-refractivity contribution is 0.781. The van der Waals surface area contributed by atoms with Crippen molar-refractivity contribution >= 4 is 5.95 Å². The van der Waals surface area contributed by atoms with Crippen LogP contribution in [0, 0.1) is 0 Å². The van der Waals surface area contributed by atoms with Crippen molar-refractivity contribution in [3.8, 4) is 22.5 Å². The first-order chi connectivity index (χ1) is 20.3. The molecule has 8 rings (SSSR count). The van der Waals surface area contributed by atoms with Gasteiger partial charge in [-0.2, -0.15) is 0 Å². The molecule has 0 unspecified atom stereocenters. The predicted octanol–water partition coefficient (Wildman–Crippen LogP) is 7.25. The Labute approximate surface area is 239 Å². The van der Waals surface area contributed by atoms with Crippen molar-refractivity contribution in [3.05, 3.63) is 161 Å². The first-order valence-corrected chi connectivity index (χ1v) is 13.9. The predicted molar refractivity (Wildman–Crippen MR) is 163 cm³/mol. The first kappa shape index (κ1) is 24.9. The van der Waals surface area contributed by atoms with Gasteiger partial charge in [0.1, 0.15) is 6.33 Å². The molecule has 4 aromatic carbocycles. The Morgan fingerprint density at radius 2 is 1.05 bits per heavy atom. The molecular formula is C36H29N5. The molecule has 41 heavy (non-hydrogen) atoms. The van der Waals surface area contributed by atoms with Gasteiger partial charge < -0.3 is 5.73 Å². The van der Waals surface area contributed by atoms with Crippen molar-refractivity contribution in [2.45, 2.75) is 24.7 Å². The standard InChI is InChI=1S/C18H15N3.C18H14N2/c19-18-20-11-13-10-16(12-6-2-1-3-7-12)14-8-4-5-9-15(14)17(13)21-18;1-2-6-13(7-3-1)17-10-14-11-19-12-20-18(14)16-9-5-4-8-15(16)17/h1-9,11,16H,10H2,(H2,19,20,21);1-9,11-12,17H,10H2/t16-;17-/m01/s1. The highest BCUT2D eigenvalue weighted by Gasteiger charge is 2.28. The van der Waals surface area contributed by atoms with Crippen LogP contribution in [0.4, 0.5) is 5.95 Å². The van der Waals surface area contributed by atoms with Crippen LogP contribution in [0.1, 0.15) is 45.2 Å². The van der Waals surface area contributed by atoms with Gasteiger partial charge in [-0.3, -0.25) is 0 Å². The van der Waals surface area contributed by atoms with Crippen LogP contribution >= 0.6 is 0 Å². The molecule has 0 spiro atoms. The fourth-order valence-electron chi connectivity index (χ4n) is 6.21. The van der Waals surface area contributed by atoms with E-state index in [1.54, 1.807) is 6.33 Å². The molecule has 5 nitrogen and oxygen atoms in total. The lowest BCUT2D eigenvalue weighted by Crippen LogP contribution is -2.14. The molecule has 2 aliphatic carbocycles. The number of fused-ring (bicyclic) bond motifs is 6. The lowest BCUT2D eigenvalue weighted by Gasteiger charge is -2.27. The second kappa shape index (κ2) is 10.8. The zero-order valence-electron chi connectivity index (χ0n) is 22.6. The molecule has 2 N–H and O–H groups in total. The smallest absolute Gasteiger partial charge is 0.220 e. The summed E-state index contributed by atoms with van der Waals surface area (Å²) in [6.07, 6.45) is 7.34. The molecule has 0 radical (unpaired) electrons. The average Bonchev–Trinajstić information content (AvgIpc) is 3.05. The van der Waals surface area contributed by atoms with E-state index >= 15 is 0 Å². The Bertz CT molecular complexity index is 1820. The van der Waals surface area contributed by atoms with E-state index in [9.17, 15) is 0 Å². The fourth-order valence-corrected chi connectivity index (χ4v) is 6.21. The normalized spacial score (nSPS) is 16.2. The number of rotatable bonds is 2. The van der Waals surface area contributed by atoms with Gasteiger partial charge in [0.2, 0.25) is 5.95 Å². The van der Waals surface area contributed by atoms with Crippen LogP contribution < -0.4 is 5.73 Å². The molecule has 2 heterocycles. The topological polar surface area (TPSA) is 77.6 Å². The Morgan fingerprint density at radius 1 is 0.537 bits per heavy atom. The Kier molecular flexibility index (Phi) is 6.53. The van der Waals surface area contributed by atoms with Gasteiger partial charge >= 0.3 is 0 Å². The van der Waals surface area contributed by atoms with Gasteiger partial charge in [-0.05, 0) is 46.2 Å². The van der Waals surface area contributed by atoms with Gasteiger partial charge in [0.15, 0.2) is 0 Å². The van der Waals surface area contributed by atoms with Gasteiger partial charge in [0.05, 0.1) is 11.4 Å². The lowest BCUT2D eigenvalue weighted by atomic mass is 9.78. The van der Waals surface area contributed by atoms with E-state index in [2.05, 4.69) is 123 Å². The molecule has 198 valence electrons. The van der Waals surface area contributed by atoms with Gasteiger partial charge in [-0.25, -0.2) is 19.9 Å². The summed E-state index contributed by atoms with van der Waals surface area (Å²) in [5.74, 6) is 1.08. The van der Waals surface area contributed by atoms with Crippen LogP contribution in [-0.4, -0.2) is 19.9 Å². The summed E-state index contributed by atoms with van der Waals surface area (Å²) in [6, 6.07) is 38.3. The van der Waals surface area contributed by atoms with E-state index in [4.69, 9.17) is 5.73 Å². The van der Waals surface area contributed by atoms with Crippen LogP contribution in [0.3, 0.4) is 0 Å². The molecule has 0 bridgehead atoms. The summed E-state index contributed by atoms with van der Waals surface area (Å²) in [5, 5.41) is 0. The number of nitrogen functional groups attached to an aromatic ring is 1. The maximum atomic E-state index is 5.76. The fraction of sp³-hybridized carbons (Fsp3) is 0.111. The van der Waals surface area contributed by atoms with Gasteiger partial charge in [0, 0.05) is 35.4 Å². The third kappa shape index (κ3) is 4.76. The molecule has 0 aliphatic heterocycles. The maximum absolute atomic E-state index is 5.76. The number of benzene rings is 4. The number of hydrogen-bond donors (Lipinski definition) is 1. The summed E-state index contributed by atoms with van der Waals surface area (Å²) in [6.45, 7) is 0. The van der Waals surface area contributed by atoms with E-state index in [1.165, 1.54) is 38.9 Å².